The molecule has 1 aromatic heterocycles. The quantitative estimate of drug-likeness (QED) is 0.355. The fourth-order valence-electron chi connectivity index (χ4n) is 1.64. The van der Waals surface area contributed by atoms with Crippen molar-refractivity contribution in [2.45, 2.75) is 27.2 Å². The smallest absolute Gasteiger partial charge is 0.247 e. The van der Waals surface area contributed by atoms with E-state index in [9.17, 15) is 19.8 Å². The Bertz CT molecular complexity index is 841. The maximum Gasteiger partial charge on any atom is 0.247 e. The maximum absolute atomic E-state index is 11.9. The Morgan fingerprint density at radius 2 is 1.96 bits per heavy atom. The third-order valence-electron chi connectivity index (χ3n) is 3.08. The second kappa shape index (κ2) is 7.91. The normalized spacial score (nSPS) is 11.5. The standard InChI is InChI=1S/C16H19N5O4S/c1-16(2,3)14(25)18-15-21-20-13(26-15)7-12(24)19-17-8-9-4-5-10(22)11(23)6-9/h4-6,8,22-23H,7H2,1-3H3,(H,19,24)(H,18,21,25)/b17-8-. The predicted molar refractivity (Wildman–Crippen MR) is 97.2 cm³/mol. The molecule has 0 spiro atoms. The number of anilines is 1. The van der Waals surface area contributed by atoms with Gasteiger partial charge in [-0.25, -0.2) is 5.43 Å². The first-order chi connectivity index (χ1) is 12.1. The van der Waals surface area contributed by atoms with Gasteiger partial charge in [-0.15, -0.1) is 10.2 Å². The van der Waals surface area contributed by atoms with Crippen molar-refractivity contribution in [3.63, 3.8) is 0 Å². The van der Waals surface area contributed by atoms with Gasteiger partial charge in [0.1, 0.15) is 5.01 Å². The molecule has 0 aliphatic heterocycles. The van der Waals surface area contributed by atoms with Crippen molar-refractivity contribution >= 4 is 34.5 Å². The van der Waals surface area contributed by atoms with Gasteiger partial charge in [-0.3, -0.25) is 9.59 Å². The lowest BCUT2D eigenvalue weighted by atomic mass is 9.96. The highest BCUT2D eigenvalue weighted by atomic mass is 32.1. The lowest BCUT2D eigenvalue weighted by molar-refractivity contribution is -0.123. The summed E-state index contributed by atoms with van der Waals surface area (Å²) in [5, 5.41) is 33.5. The Labute approximate surface area is 153 Å². The molecule has 10 heteroatoms. The molecule has 4 N–H and O–H groups in total. The van der Waals surface area contributed by atoms with Crippen LogP contribution in [0.3, 0.4) is 0 Å². The minimum Gasteiger partial charge on any atom is -0.504 e. The van der Waals surface area contributed by atoms with Crippen molar-refractivity contribution in [3.8, 4) is 11.5 Å². The van der Waals surface area contributed by atoms with Crippen LogP contribution in [0.2, 0.25) is 0 Å². The number of aromatic hydroxyl groups is 2. The topological polar surface area (TPSA) is 137 Å². The number of amides is 2. The van der Waals surface area contributed by atoms with Crippen molar-refractivity contribution in [3.05, 3.63) is 28.8 Å². The average molecular weight is 377 g/mol. The molecule has 0 bridgehead atoms. The first kappa shape index (κ1) is 19.3. The van der Waals surface area contributed by atoms with Gasteiger partial charge in [-0.2, -0.15) is 5.10 Å². The van der Waals surface area contributed by atoms with Crippen LogP contribution >= 0.6 is 11.3 Å². The molecule has 0 aliphatic rings. The molecule has 0 radical (unpaired) electrons. The monoisotopic (exact) mass is 377 g/mol. The summed E-state index contributed by atoms with van der Waals surface area (Å²) in [6.45, 7) is 5.34. The summed E-state index contributed by atoms with van der Waals surface area (Å²) in [6, 6.07) is 4.15. The maximum atomic E-state index is 11.9. The molecule has 2 aromatic rings. The molecule has 2 amide bonds. The Balaban J connectivity index is 1.87. The van der Waals surface area contributed by atoms with Crippen LogP contribution < -0.4 is 10.7 Å². The number of aromatic nitrogens is 2. The molecule has 1 aromatic carbocycles. The molecule has 0 saturated heterocycles. The van der Waals surface area contributed by atoms with Crippen molar-refractivity contribution < 1.29 is 19.8 Å². The molecule has 26 heavy (non-hydrogen) atoms. The number of hydrazone groups is 1. The van der Waals surface area contributed by atoms with E-state index in [2.05, 4.69) is 26.0 Å². The second-order valence-corrected chi connectivity index (χ2v) is 7.49. The number of carbonyl (C=O) groups excluding carboxylic acids is 2. The van der Waals surface area contributed by atoms with Crippen LogP contribution in [0.5, 0.6) is 11.5 Å². The second-order valence-electron chi connectivity index (χ2n) is 6.42. The molecule has 0 fully saturated rings. The molecule has 0 aliphatic carbocycles. The van der Waals surface area contributed by atoms with Crippen molar-refractivity contribution in [2.24, 2.45) is 10.5 Å². The number of hydrogen-bond donors (Lipinski definition) is 4. The zero-order valence-electron chi connectivity index (χ0n) is 14.5. The molecule has 2 rings (SSSR count). The van der Waals surface area contributed by atoms with Crippen molar-refractivity contribution in [1.29, 1.82) is 0 Å². The fraction of sp³-hybridized carbons (Fsp3) is 0.312. The van der Waals surface area contributed by atoms with E-state index in [1.165, 1.54) is 24.4 Å². The first-order valence-electron chi connectivity index (χ1n) is 7.63. The Kier molecular flexibility index (Phi) is 5.88. The largest absolute Gasteiger partial charge is 0.504 e. The number of hydrogen-bond acceptors (Lipinski definition) is 8. The average Bonchev–Trinajstić information content (AvgIpc) is 2.97. The summed E-state index contributed by atoms with van der Waals surface area (Å²) in [4.78, 5) is 23.7. The molecular formula is C16H19N5O4S. The summed E-state index contributed by atoms with van der Waals surface area (Å²) in [6.07, 6.45) is 1.29. The third-order valence-corrected chi connectivity index (χ3v) is 3.92. The van der Waals surface area contributed by atoms with Crippen LogP contribution in [-0.2, 0) is 16.0 Å². The molecule has 0 saturated carbocycles. The summed E-state index contributed by atoms with van der Waals surface area (Å²) < 4.78 is 0. The van der Waals surface area contributed by atoms with Crippen LogP contribution in [0.1, 0.15) is 31.3 Å². The van der Waals surface area contributed by atoms with Gasteiger partial charge in [-0.1, -0.05) is 32.1 Å². The summed E-state index contributed by atoms with van der Waals surface area (Å²) in [5.41, 5.74) is 2.27. The van der Waals surface area contributed by atoms with Crippen LogP contribution in [0.15, 0.2) is 23.3 Å². The zero-order valence-corrected chi connectivity index (χ0v) is 15.3. The summed E-state index contributed by atoms with van der Waals surface area (Å²) in [7, 11) is 0. The SMILES string of the molecule is CC(C)(C)C(=O)Nc1nnc(CC(=O)N/N=C\c2ccc(O)c(O)c2)s1. The van der Waals surface area contributed by atoms with Gasteiger partial charge in [0.05, 0.1) is 12.6 Å². The molecule has 138 valence electrons. The van der Waals surface area contributed by atoms with Crippen LogP contribution in [0.4, 0.5) is 5.13 Å². The van der Waals surface area contributed by atoms with Crippen molar-refractivity contribution in [1.82, 2.24) is 15.6 Å². The van der Waals surface area contributed by atoms with E-state index in [4.69, 9.17) is 0 Å². The third kappa shape index (κ3) is 5.52. The van der Waals surface area contributed by atoms with E-state index in [0.29, 0.717) is 15.7 Å². The Morgan fingerprint density at radius 3 is 2.62 bits per heavy atom. The predicted octanol–water partition coefficient (Wildman–Crippen LogP) is 1.63. The lowest BCUT2D eigenvalue weighted by Gasteiger charge is -2.15. The van der Waals surface area contributed by atoms with Gasteiger partial charge < -0.3 is 15.5 Å². The van der Waals surface area contributed by atoms with Gasteiger partial charge in [0.15, 0.2) is 11.5 Å². The van der Waals surface area contributed by atoms with Gasteiger partial charge >= 0.3 is 0 Å². The minimum absolute atomic E-state index is 0.0405. The van der Waals surface area contributed by atoms with Gasteiger partial charge in [0.25, 0.3) is 0 Å². The van der Waals surface area contributed by atoms with Crippen molar-refractivity contribution in [2.75, 3.05) is 5.32 Å². The molecule has 0 atom stereocenters. The van der Waals surface area contributed by atoms with Gasteiger partial charge in [0, 0.05) is 5.41 Å². The highest BCUT2D eigenvalue weighted by molar-refractivity contribution is 7.15. The molecular weight excluding hydrogens is 358 g/mol. The molecule has 0 unspecified atom stereocenters. The van der Waals surface area contributed by atoms with E-state index < -0.39 is 11.3 Å². The van der Waals surface area contributed by atoms with E-state index in [0.717, 1.165) is 11.3 Å². The molecule has 1 heterocycles. The highest BCUT2D eigenvalue weighted by Crippen LogP contribution is 2.24. The number of benzene rings is 1. The number of carbonyl (C=O) groups is 2. The summed E-state index contributed by atoms with van der Waals surface area (Å²) in [5.74, 6) is -1.11. The van der Waals surface area contributed by atoms with E-state index >= 15 is 0 Å². The van der Waals surface area contributed by atoms with Crippen LogP contribution in [0.25, 0.3) is 0 Å². The lowest BCUT2D eigenvalue weighted by Crippen LogP contribution is -2.27. The molecule has 9 nitrogen and oxygen atoms in total. The first-order valence-corrected chi connectivity index (χ1v) is 8.44. The highest BCUT2D eigenvalue weighted by Gasteiger charge is 2.22. The number of phenols is 2. The van der Waals surface area contributed by atoms with Gasteiger partial charge in [0.2, 0.25) is 16.9 Å². The zero-order chi connectivity index (χ0) is 19.3. The summed E-state index contributed by atoms with van der Waals surface area (Å²) >= 11 is 1.11. The van der Waals surface area contributed by atoms with E-state index in [-0.39, 0.29) is 23.8 Å². The Morgan fingerprint density at radius 1 is 1.23 bits per heavy atom. The number of nitrogens with one attached hydrogen (secondary N) is 2. The number of rotatable bonds is 5. The van der Waals surface area contributed by atoms with Gasteiger partial charge in [-0.05, 0) is 23.8 Å². The van der Waals surface area contributed by atoms with E-state index in [1.54, 1.807) is 20.8 Å². The van der Waals surface area contributed by atoms with E-state index in [1.807, 2.05) is 0 Å². The fourth-order valence-corrected chi connectivity index (χ4v) is 2.37. The Hall–Kier alpha value is -3.01. The van der Waals surface area contributed by atoms with Crippen LogP contribution in [-0.4, -0.2) is 38.4 Å². The number of phenolic OH excluding ortho intramolecular Hbond substituents is 2. The van der Waals surface area contributed by atoms with Crippen LogP contribution in [0, 0.1) is 5.41 Å². The minimum atomic E-state index is -0.555. The number of nitrogens with zero attached hydrogens (tertiary/aromatic N) is 3.